The van der Waals surface area contributed by atoms with E-state index in [0.29, 0.717) is 5.82 Å². The van der Waals surface area contributed by atoms with E-state index in [1.165, 1.54) is 13.0 Å². The zero-order valence-electron chi connectivity index (χ0n) is 9.72. The molecule has 1 aromatic heterocycles. The molecule has 0 saturated carbocycles. The predicted octanol–water partition coefficient (Wildman–Crippen LogP) is 3.84. The van der Waals surface area contributed by atoms with Crippen molar-refractivity contribution in [2.45, 2.75) is 32.1 Å². The second-order valence-corrected chi connectivity index (χ2v) is 4.66. The maximum atomic E-state index is 13.6. The molecule has 94 valence electrons. The smallest absolute Gasteiger partial charge is 0.291 e. The molecule has 0 bridgehead atoms. The Morgan fingerprint density at radius 2 is 2.00 bits per heavy atom. The first-order chi connectivity index (χ1) is 8.04. The van der Waals surface area contributed by atoms with Crippen LogP contribution in [0.15, 0.2) is 12.1 Å². The fraction of sp³-hybridized carbons (Fsp3) is 0.583. The van der Waals surface area contributed by atoms with Crippen molar-refractivity contribution >= 4 is 17.4 Å². The number of hydrogen-bond donors (Lipinski definition) is 0. The highest BCUT2D eigenvalue weighted by atomic mass is 35.5. The van der Waals surface area contributed by atoms with Crippen LogP contribution in [0.2, 0.25) is 5.02 Å². The minimum atomic E-state index is -2.95. The maximum Gasteiger partial charge on any atom is 0.291 e. The maximum absolute atomic E-state index is 13.6. The van der Waals surface area contributed by atoms with Crippen molar-refractivity contribution in [3.63, 3.8) is 0 Å². The van der Waals surface area contributed by atoms with Gasteiger partial charge in [-0.3, -0.25) is 0 Å². The molecule has 2 rings (SSSR count). The fourth-order valence-electron chi connectivity index (χ4n) is 1.98. The fourth-order valence-corrected chi connectivity index (χ4v) is 2.22. The van der Waals surface area contributed by atoms with E-state index in [4.69, 9.17) is 11.6 Å². The van der Waals surface area contributed by atoms with Gasteiger partial charge in [0.2, 0.25) is 0 Å². The molecule has 1 aromatic rings. The van der Waals surface area contributed by atoms with Crippen LogP contribution in [0, 0.1) is 0 Å². The van der Waals surface area contributed by atoms with Crippen LogP contribution < -0.4 is 4.90 Å². The molecule has 1 aliphatic heterocycles. The summed E-state index contributed by atoms with van der Waals surface area (Å²) >= 11 is 5.81. The average Bonchev–Trinajstić information content (AvgIpc) is 2.83. The molecule has 0 unspecified atom stereocenters. The van der Waals surface area contributed by atoms with E-state index in [-0.39, 0.29) is 17.1 Å². The largest absolute Gasteiger partial charge is 0.357 e. The van der Waals surface area contributed by atoms with Gasteiger partial charge in [0.25, 0.3) is 5.92 Å². The molecule has 0 spiro atoms. The quantitative estimate of drug-likeness (QED) is 0.821. The average molecular weight is 261 g/mol. The lowest BCUT2D eigenvalue weighted by molar-refractivity contribution is -0.0125. The number of anilines is 1. The third-order valence-electron chi connectivity index (χ3n) is 3.05. The molecule has 17 heavy (non-hydrogen) atoms. The second-order valence-electron chi connectivity index (χ2n) is 4.25. The molecule has 0 atom stereocenters. The van der Waals surface area contributed by atoms with Gasteiger partial charge in [0.15, 0.2) is 0 Å². The van der Waals surface area contributed by atoms with Crippen LogP contribution >= 0.6 is 11.6 Å². The standard InChI is InChI=1S/C12H15ClF2N2/c1-2-12(14,15)11-9(13)5-6-10(16-11)17-7-3-4-8-17/h5-6H,2-4,7-8H2,1H3. The van der Waals surface area contributed by atoms with E-state index in [1.807, 2.05) is 4.90 Å². The SMILES string of the molecule is CCC(F)(F)c1nc(N2CCCC2)ccc1Cl. The number of aromatic nitrogens is 1. The summed E-state index contributed by atoms with van der Waals surface area (Å²) in [6.07, 6.45) is 1.89. The van der Waals surface area contributed by atoms with Gasteiger partial charge in [-0.25, -0.2) is 4.98 Å². The summed E-state index contributed by atoms with van der Waals surface area (Å²) < 4.78 is 27.3. The molecule has 0 N–H and O–H groups in total. The van der Waals surface area contributed by atoms with Gasteiger partial charge in [-0.1, -0.05) is 18.5 Å². The van der Waals surface area contributed by atoms with Crippen LogP contribution in [0.3, 0.4) is 0 Å². The van der Waals surface area contributed by atoms with Crippen LogP contribution in [0.25, 0.3) is 0 Å². The van der Waals surface area contributed by atoms with Gasteiger partial charge in [0, 0.05) is 19.5 Å². The molecule has 0 amide bonds. The van der Waals surface area contributed by atoms with Crippen LogP contribution in [0.1, 0.15) is 31.9 Å². The van der Waals surface area contributed by atoms with Crippen molar-refractivity contribution in [1.82, 2.24) is 4.98 Å². The third-order valence-corrected chi connectivity index (χ3v) is 3.36. The highest BCUT2D eigenvalue weighted by Gasteiger charge is 2.34. The number of hydrogen-bond acceptors (Lipinski definition) is 2. The van der Waals surface area contributed by atoms with Gasteiger partial charge < -0.3 is 4.90 Å². The molecular formula is C12H15ClF2N2. The molecule has 5 heteroatoms. The van der Waals surface area contributed by atoms with E-state index in [1.54, 1.807) is 6.07 Å². The van der Waals surface area contributed by atoms with E-state index in [2.05, 4.69) is 4.98 Å². The molecular weight excluding hydrogens is 246 g/mol. The minimum absolute atomic E-state index is 0.0415. The van der Waals surface area contributed by atoms with Gasteiger partial charge in [-0.05, 0) is 25.0 Å². The first kappa shape index (κ1) is 12.6. The van der Waals surface area contributed by atoms with Gasteiger partial charge in [0.1, 0.15) is 11.5 Å². The van der Waals surface area contributed by atoms with Crippen molar-refractivity contribution in [2.24, 2.45) is 0 Å². The van der Waals surface area contributed by atoms with Crippen molar-refractivity contribution in [1.29, 1.82) is 0 Å². The first-order valence-electron chi connectivity index (χ1n) is 5.84. The Bertz CT molecular complexity index is 403. The normalized spacial score (nSPS) is 16.6. The van der Waals surface area contributed by atoms with E-state index < -0.39 is 5.92 Å². The van der Waals surface area contributed by atoms with Crippen molar-refractivity contribution < 1.29 is 8.78 Å². The van der Waals surface area contributed by atoms with Crippen LogP contribution in [0.5, 0.6) is 0 Å². The van der Waals surface area contributed by atoms with Gasteiger partial charge in [-0.2, -0.15) is 8.78 Å². The highest BCUT2D eigenvalue weighted by molar-refractivity contribution is 6.31. The van der Waals surface area contributed by atoms with Gasteiger partial charge >= 0.3 is 0 Å². The van der Waals surface area contributed by atoms with E-state index in [0.717, 1.165) is 25.9 Å². The summed E-state index contributed by atoms with van der Waals surface area (Å²) in [7, 11) is 0. The molecule has 2 heterocycles. The predicted molar refractivity (Wildman–Crippen MR) is 64.9 cm³/mol. The summed E-state index contributed by atoms with van der Waals surface area (Å²) in [5.74, 6) is -2.35. The summed E-state index contributed by atoms with van der Waals surface area (Å²) in [5, 5.41) is 0.0415. The topological polar surface area (TPSA) is 16.1 Å². The van der Waals surface area contributed by atoms with Crippen molar-refractivity contribution in [2.75, 3.05) is 18.0 Å². The summed E-state index contributed by atoms with van der Waals surface area (Å²) in [5.41, 5.74) is -0.300. The monoisotopic (exact) mass is 260 g/mol. The van der Waals surface area contributed by atoms with Crippen LogP contribution in [-0.4, -0.2) is 18.1 Å². The Hall–Kier alpha value is -0.900. The summed E-state index contributed by atoms with van der Waals surface area (Å²) in [6.45, 7) is 3.19. The number of rotatable bonds is 3. The second kappa shape index (κ2) is 4.77. The molecule has 0 aromatic carbocycles. The number of pyridine rings is 1. The number of halogens is 3. The zero-order valence-corrected chi connectivity index (χ0v) is 10.5. The molecule has 1 fully saturated rings. The summed E-state index contributed by atoms with van der Waals surface area (Å²) in [6, 6.07) is 3.23. The first-order valence-corrected chi connectivity index (χ1v) is 6.22. The Kier molecular flexibility index (Phi) is 3.52. The number of nitrogens with zero attached hydrogens (tertiary/aromatic N) is 2. The minimum Gasteiger partial charge on any atom is -0.357 e. The van der Waals surface area contributed by atoms with Gasteiger partial charge in [-0.15, -0.1) is 0 Å². The molecule has 2 nitrogen and oxygen atoms in total. The molecule has 1 aliphatic rings. The Labute approximate surface area is 105 Å². The zero-order chi connectivity index (χ0) is 12.5. The van der Waals surface area contributed by atoms with Crippen LogP contribution in [0.4, 0.5) is 14.6 Å². The lowest BCUT2D eigenvalue weighted by atomic mass is 10.1. The van der Waals surface area contributed by atoms with Crippen molar-refractivity contribution in [3.05, 3.63) is 22.8 Å². The van der Waals surface area contributed by atoms with Gasteiger partial charge in [0.05, 0.1) is 5.02 Å². The molecule has 0 radical (unpaired) electrons. The lowest BCUT2D eigenvalue weighted by Crippen LogP contribution is -2.22. The molecule has 0 aliphatic carbocycles. The number of alkyl halides is 2. The Balaban J connectivity index is 2.35. The highest BCUT2D eigenvalue weighted by Crippen LogP contribution is 2.36. The summed E-state index contributed by atoms with van der Waals surface area (Å²) in [4.78, 5) is 6.06. The van der Waals surface area contributed by atoms with E-state index >= 15 is 0 Å². The Morgan fingerprint density at radius 1 is 1.35 bits per heavy atom. The molecule has 1 saturated heterocycles. The van der Waals surface area contributed by atoms with Crippen LogP contribution in [-0.2, 0) is 5.92 Å². The van der Waals surface area contributed by atoms with E-state index in [9.17, 15) is 8.78 Å². The third kappa shape index (κ3) is 2.51. The Morgan fingerprint density at radius 3 is 2.59 bits per heavy atom. The lowest BCUT2D eigenvalue weighted by Gasteiger charge is -2.20. The van der Waals surface area contributed by atoms with Crippen molar-refractivity contribution in [3.8, 4) is 0 Å².